The van der Waals surface area contributed by atoms with Gasteiger partial charge in [0.2, 0.25) is 5.91 Å². The molecule has 2 aromatic carbocycles. The number of benzene rings is 2. The van der Waals surface area contributed by atoms with Crippen molar-refractivity contribution in [1.82, 2.24) is 5.43 Å². The minimum absolute atomic E-state index is 0.187. The van der Waals surface area contributed by atoms with Crippen LogP contribution in [0.5, 0.6) is 5.75 Å². The Hall–Kier alpha value is -1.56. The first kappa shape index (κ1) is 19.8. The van der Waals surface area contributed by atoms with Crippen molar-refractivity contribution in [1.29, 1.82) is 0 Å². The van der Waals surface area contributed by atoms with Crippen LogP contribution in [-0.2, 0) is 4.79 Å². The highest BCUT2D eigenvalue weighted by atomic mass is 79.9. The Balaban J connectivity index is 1.71. The summed E-state index contributed by atoms with van der Waals surface area (Å²) in [4.78, 5) is 11.8. The van der Waals surface area contributed by atoms with E-state index in [0.29, 0.717) is 35.1 Å². The third-order valence-corrected chi connectivity index (χ3v) is 4.43. The summed E-state index contributed by atoms with van der Waals surface area (Å²) in [6.45, 7) is 2.46. The van der Waals surface area contributed by atoms with Gasteiger partial charge in [0.1, 0.15) is 5.75 Å². The fourth-order valence-corrected chi connectivity index (χ4v) is 3.04. The van der Waals surface area contributed by atoms with Gasteiger partial charge in [0.15, 0.2) is 0 Å². The van der Waals surface area contributed by atoms with Crippen molar-refractivity contribution < 1.29 is 9.53 Å². The van der Waals surface area contributed by atoms with Crippen LogP contribution in [0.3, 0.4) is 0 Å². The summed E-state index contributed by atoms with van der Waals surface area (Å²) in [5.41, 5.74) is 4.29. The molecular weight excluding hydrogens is 427 g/mol. The van der Waals surface area contributed by atoms with Gasteiger partial charge in [-0.3, -0.25) is 4.79 Å². The second kappa shape index (κ2) is 9.80. The molecule has 132 valence electrons. The summed E-state index contributed by atoms with van der Waals surface area (Å²) < 4.78 is 6.55. The Morgan fingerprint density at radius 2 is 2.08 bits per heavy atom. The molecule has 2 rings (SSSR count). The van der Waals surface area contributed by atoms with Crippen LogP contribution in [0, 0.1) is 6.92 Å². The smallest absolute Gasteiger partial charge is 0.240 e. The highest BCUT2D eigenvalue weighted by Crippen LogP contribution is 2.25. The largest absolute Gasteiger partial charge is 0.492 e. The summed E-state index contributed by atoms with van der Waals surface area (Å²) in [6, 6.07) is 10.9. The summed E-state index contributed by atoms with van der Waals surface area (Å²) in [5.74, 6) is 0.578. The number of nitrogens with one attached hydrogen (secondary N) is 1. The van der Waals surface area contributed by atoms with Crippen LogP contribution in [0.1, 0.15) is 24.0 Å². The fourth-order valence-electron chi connectivity index (χ4n) is 1.97. The molecule has 4 nitrogen and oxygen atoms in total. The number of amides is 1. The molecule has 0 aliphatic rings. The Labute approximate surface area is 165 Å². The molecule has 1 amide bonds. The molecular formula is C18H17BrCl2N2O2. The van der Waals surface area contributed by atoms with E-state index >= 15 is 0 Å². The molecule has 0 radical (unpaired) electrons. The molecule has 2 aromatic rings. The predicted octanol–water partition coefficient (Wildman–Crippen LogP) is 5.37. The van der Waals surface area contributed by atoms with E-state index in [0.717, 1.165) is 15.8 Å². The molecule has 0 bridgehead atoms. The normalized spacial score (nSPS) is 10.9. The van der Waals surface area contributed by atoms with Crippen molar-refractivity contribution in [2.75, 3.05) is 6.61 Å². The second-order valence-electron chi connectivity index (χ2n) is 5.34. The summed E-state index contributed by atoms with van der Waals surface area (Å²) >= 11 is 15.3. The standard InChI is InChI=1S/C18H17BrCl2N2O2/c1-12-4-7-17(15(19)9-12)25-8-2-3-18(24)23-22-11-13-5-6-14(20)10-16(13)21/h4-7,9-11H,2-3,8H2,1H3,(H,23,24)/b22-11+. The first-order valence-electron chi connectivity index (χ1n) is 7.61. The first-order chi connectivity index (χ1) is 12.0. The summed E-state index contributed by atoms with van der Waals surface area (Å²) in [7, 11) is 0. The van der Waals surface area contributed by atoms with Gasteiger partial charge < -0.3 is 4.74 Å². The minimum atomic E-state index is -0.187. The van der Waals surface area contributed by atoms with Crippen molar-refractivity contribution in [3.63, 3.8) is 0 Å². The molecule has 0 atom stereocenters. The lowest BCUT2D eigenvalue weighted by molar-refractivity contribution is -0.121. The predicted molar refractivity (Wildman–Crippen MR) is 106 cm³/mol. The van der Waals surface area contributed by atoms with Crippen LogP contribution < -0.4 is 10.2 Å². The number of nitrogens with zero attached hydrogens (tertiary/aromatic N) is 1. The van der Waals surface area contributed by atoms with Crippen molar-refractivity contribution in [2.24, 2.45) is 5.10 Å². The molecule has 0 aliphatic heterocycles. The third kappa shape index (κ3) is 6.69. The Kier molecular flexibility index (Phi) is 7.75. The molecule has 7 heteroatoms. The first-order valence-corrected chi connectivity index (χ1v) is 9.16. The molecule has 0 saturated carbocycles. The van der Waals surface area contributed by atoms with Gasteiger partial charge in [0, 0.05) is 17.0 Å². The number of ether oxygens (including phenoxy) is 1. The van der Waals surface area contributed by atoms with Gasteiger partial charge in [-0.2, -0.15) is 5.10 Å². The van der Waals surface area contributed by atoms with Crippen LogP contribution in [0.15, 0.2) is 46.0 Å². The molecule has 0 aliphatic carbocycles. The lowest BCUT2D eigenvalue weighted by Crippen LogP contribution is -2.18. The molecule has 1 N–H and O–H groups in total. The van der Waals surface area contributed by atoms with Gasteiger partial charge in [-0.1, -0.05) is 35.3 Å². The van der Waals surface area contributed by atoms with Crippen LogP contribution in [-0.4, -0.2) is 18.7 Å². The van der Waals surface area contributed by atoms with Gasteiger partial charge in [0.05, 0.1) is 22.3 Å². The molecule has 0 heterocycles. The van der Waals surface area contributed by atoms with E-state index in [9.17, 15) is 4.79 Å². The number of aryl methyl sites for hydroxylation is 1. The van der Waals surface area contributed by atoms with Crippen LogP contribution >= 0.6 is 39.1 Å². The van der Waals surface area contributed by atoms with E-state index in [4.69, 9.17) is 27.9 Å². The van der Waals surface area contributed by atoms with Crippen molar-refractivity contribution in [2.45, 2.75) is 19.8 Å². The number of hydrogen-bond acceptors (Lipinski definition) is 3. The van der Waals surface area contributed by atoms with Gasteiger partial charge in [0.25, 0.3) is 0 Å². The number of halogens is 3. The van der Waals surface area contributed by atoms with Crippen LogP contribution in [0.4, 0.5) is 0 Å². The van der Waals surface area contributed by atoms with E-state index in [2.05, 4.69) is 26.5 Å². The van der Waals surface area contributed by atoms with Crippen LogP contribution in [0.2, 0.25) is 10.0 Å². The lowest BCUT2D eigenvalue weighted by atomic mass is 10.2. The number of hydrazone groups is 1. The van der Waals surface area contributed by atoms with Gasteiger partial charge in [-0.15, -0.1) is 0 Å². The monoisotopic (exact) mass is 442 g/mol. The van der Waals surface area contributed by atoms with E-state index in [1.165, 1.54) is 6.21 Å². The molecule has 0 fully saturated rings. The number of rotatable bonds is 7. The summed E-state index contributed by atoms with van der Waals surface area (Å²) in [5, 5.41) is 4.91. The van der Waals surface area contributed by atoms with Crippen molar-refractivity contribution >= 4 is 51.3 Å². The Morgan fingerprint density at radius 1 is 1.28 bits per heavy atom. The van der Waals surface area contributed by atoms with E-state index in [-0.39, 0.29) is 5.91 Å². The zero-order valence-corrected chi connectivity index (χ0v) is 16.7. The van der Waals surface area contributed by atoms with Crippen molar-refractivity contribution in [3.05, 3.63) is 62.0 Å². The highest BCUT2D eigenvalue weighted by Gasteiger charge is 2.03. The van der Waals surface area contributed by atoms with E-state index in [1.54, 1.807) is 18.2 Å². The van der Waals surface area contributed by atoms with E-state index in [1.807, 2.05) is 25.1 Å². The fraction of sp³-hybridized carbons (Fsp3) is 0.222. The van der Waals surface area contributed by atoms with Gasteiger partial charge >= 0.3 is 0 Å². The average Bonchev–Trinajstić information content (AvgIpc) is 2.55. The number of carbonyl (C=O) groups is 1. The average molecular weight is 444 g/mol. The SMILES string of the molecule is Cc1ccc(OCCCC(=O)N/N=C/c2ccc(Cl)cc2Cl)c(Br)c1. The van der Waals surface area contributed by atoms with Gasteiger partial charge in [-0.05, 0) is 59.1 Å². The van der Waals surface area contributed by atoms with Gasteiger partial charge in [-0.25, -0.2) is 5.43 Å². The van der Waals surface area contributed by atoms with Crippen LogP contribution in [0.25, 0.3) is 0 Å². The maximum absolute atomic E-state index is 11.8. The maximum Gasteiger partial charge on any atom is 0.240 e. The lowest BCUT2D eigenvalue weighted by Gasteiger charge is -2.08. The second-order valence-corrected chi connectivity index (χ2v) is 7.04. The van der Waals surface area contributed by atoms with Crippen molar-refractivity contribution in [3.8, 4) is 5.75 Å². The zero-order chi connectivity index (χ0) is 18.2. The molecule has 25 heavy (non-hydrogen) atoms. The maximum atomic E-state index is 11.8. The Bertz CT molecular complexity index is 782. The van der Waals surface area contributed by atoms with E-state index < -0.39 is 0 Å². The minimum Gasteiger partial charge on any atom is -0.492 e. The molecule has 0 spiro atoms. The molecule has 0 saturated heterocycles. The third-order valence-electron chi connectivity index (χ3n) is 3.25. The topological polar surface area (TPSA) is 50.7 Å². The summed E-state index contributed by atoms with van der Waals surface area (Å²) in [6.07, 6.45) is 2.38. The Morgan fingerprint density at radius 3 is 2.80 bits per heavy atom. The zero-order valence-electron chi connectivity index (χ0n) is 13.6. The quantitative estimate of drug-likeness (QED) is 0.355. The number of carbonyl (C=O) groups excluding carboxylic acids is 1. The molecule has 0 aromatic heterocycles. The number of hydrogen-bond donors (Lipinski definition) is 1. The molecule has 0 unspecified atom stereocenters. The highest BCUT2D eigenvalue weighted by molar-refractivity contribution is 9.10.